The maximum Gasteiger partial charge on any atom is 0.223 e. The van der Waals surface area contributed by atoms with Gasteiger partial charge in [-0.3, -0.25) is 4.79 Å². The van der Waals surface area contributed by atoms with Crippen molar-refractivity contribution in [1.82, 2.24) is 20.1 Å². The number of nitrogens with two attached hydrogens (primary N) is 1. The molecule has 1 aromatic heterocycles. The van der Waals surface area contributed by atoms with Crippen molar-refractivity contribution in [3.05, 3.63) is 42.5 Å². The summed E-state index contributed by atoms with van der Waals surface area (Å²) in [5, 5.41) is 7.18. The van der Waals surface area contributed by atoms with Gasteiger partial charge in [-0.15, -0.1) is 12.4 Å². The molecule has 1 heterocycles. The van der Waals surface area contributed by atoms with E-state index in [9.17, 15) is 4.79 Å². The van der Waals surface area contributed by atoms with Crippen molar-refractivity contribution in [2.24, 2.45) is 11.7 Å². The number of halogens is 1. The van der Waals surface area contributed by atoms with Crippen LogP contribution < -0.4 is 11.1 Å². The van der Waals surface area contributed by atoms with E-state index in [2.05, 4.69) is 15.4 Å². The molecule has 7 heteroatoms. The van der Waals surface area contributed by atoms with Crippen LogP contribution in [0.15, 0.2) is 36.9 Å². The fourth-order valence-electron chi connectivity index (χ4n) is 2.93. The second-order valence-corrected chi connectivity index (χ2v) is 5.93. The molecule has 2 aromatic rings. The molecule has 0 radical (unpaired) electrons. The predicted molar refractivity (Wildman–Crippen MR) is 90.5 cm³/mol. The lowest BCUT2D eigenvalue weighted by atomic mass is 10.0. The van der Waals surface area contributed by atoms with Gasteiger partial charge in [-0.2, -0.15) is 5.10 Å². The molecule has 3 rings (SSSR count). The highest BCUT2D eigenvalue weighted by molar-refractivity contribution is 5.85. The monoisotopic (exact) mass is 335 g/mol. The topological polar surface area (TPSA) is 85.8 Å². The van der Waals surface area contributed by atoms with Gasteiger partial charge in [0.05, 0.1) is 11.7 Å². The summed E-state index contributed by atoms with van der Waals surface area (Å²) in [6.45, 7) is 2.00. The smallest absolute Gasteiger partial charge is 0.223 e. The van der Waals surface area contributed by atoms with Gasteiger partial charge in [0.15, 0.2) is 0 Å². The van der Waals surface area contributed by atoms with Gasteiger partial charge < -0.3 is 11.1 Å². The Kier molecular flexibility index (Phi) is 5.74. The van der Waals surface area contributed by atoms with Gasteiger partial charge in [-0.05, 0) is 43.9 Å². The normalized spacial score (nSPS) is 21.5. The number of aromatic nitrogens is 3. The number of carbonyl (C=O) groups is 1. The van der Waals surface area contributed by atoms with Crippen molar-refractivity contribution in [3.8, 4) is 5.69 Å². The Morgan fingerprint density at radius 3 is 2.65 bits per heavy atom. The lowest BCUT2D eigenvalue weighted by Crippen LogP contribution is -2.32. The summed E-state index contributed by atoms with van der Waals surface area (Å²) in [7, 11) is 0. The molecule has 3 atom stereocenters. The first kappa shape index (κ1) is 17.4. The maximum absolute atomic E-state index is 12.2. The SMILES string of the molecule is CC(NC(=O)C1CCC(N)C1)c1ccc(-n2cncn2)cc1.Cl. The molecule has 1 aromatic carbocycles. The van der Waals surface area contributed by atoms with E-state index in [1.807, 2.05) is 31.2 Å². The number of amides is 1. The second-order valence-electron chi connectivity index (χ2n) is 5.93. The molecule has 3 N–H and O–H groups in total. The van der Waals surface area contributed by atoms with Crippen molar-refractivity contribution in [2.45, 2.75) is 38.3 Å². The van der Waals surface area contributed by atoms with Crippen LogP contribution in [0.1, 0.15) is 37.8 Å². The van der Waals surface area contributed by atoms with E-state index in [0.717, 1.165) is 30.5 Å². The Labute approximate surface area is 141 Å². The summed E-state index contributed by atoms with van der Waals surface area (Å²) in [5.41, 5.74) is 7.89. The Morgan fingerprint density at radius 2 is 2.09 bits per heavy atom. The number of nitrogens with zero attached hydrogens (tertiary/aromatic N) is 3. The first-order valence-corrected chi connectivity index (χ1v) is 7.64. The molecule has 1 aliphatic carbocycles. The lowest BCUT2D eigenvalue weighted by Gasteiger charge is -2.17. The number of hydrogen-bond donors (Lipinski definition) is 2. The molecule has 124 valence electrons. The summed E-state index contributed by atoms with van der Waals surface area (Å²) in [5.74, 6) is 0.174. The Morgan fingerprint density at radius 1 is 1.35 bits per heavy atom. The highest BCUT2D eigenvalue weighted by atomic mass is 35.5. The number of carbonyl (C=O) groups excluding carboxylic acids is 1. The average Bonchev–Trinajstić information content (AvgIpc) is 3.18. The molecule has 0 bridgehead atoms. The summed E-state index contributed by atoms with van der Waals surface area (Å²) in [4.78, 5) is 16.2. The maximum atomic E-state index is 12.2. The summed E-state index contributed by atoms with van der Waals surface area (Å²) in [6, 6.07) is 8.10. The van der Waals surface area contributed by atoms with Crippen LogP contribution in [0.5, 0.6) is 0 Å². The number of rotatable bonds is 4. The first-order valence-electron chi connectivity index (χ1n) is 7.64. The third kappa shape index (κ3) is 4.09. The molecule has 3 unspecified atom stereocenters. The molecular weight excluding hydrogens is 314 g/mol. The van der Waals surface area contributed by atoms with Crippen LogP contribution in [-0.4, -0.2) is 26.7 Å². The van der Waals surface area contributed by atoms with Crippen LogP contribution in [0.3, 0.4) is 0 Å². The van der Waals surface area contributed by atoms with Crippen LogP contribution in [0.25, 0.3) is 5.69 Å². The van der Waals surface area contributed by atoms with Crippen molar-refractivity contribution in [2.75, 3.05) is 0 Å². The van der Waals surface area contributed by atoms with Crippen molar-refractivity contribution in [3.63, 3.8) is 0 Å². The molecule has 0 saturated heterocycles. The van der Waals surface area contributed by atoms with Gasteiger partial charge in [0, 0.05) is 12.0 Å². The largest absolute Gasteiger partial charge is 0.349 e. The van der Waals surface area contributed by atoms with Crippen LogP contribution in [0.2, 0.25) is 0 Å². The zero-order chi connectivity index (χ0) is 15.5. The van der Waals surface area contributed by atoms with E-state index in [-0.39, 0.29) is 36.3 Å². The van der Waals surface area contributed by atoms with E-state index < -0.39 is 0 Å². The van der Waals surface area contributed by atoms with E-state index in [1.54, 1.807) is 11.0 Å². The minimum absolute atomic E-state index is 0. The summed E-state index contributed by atoms with van der Waals surface area (Å²) < 4.78 is 1.70. The molecule has 23 heavy (non-hydrogen) atoms. The minimum atomic E-state index is -0.0193. The van der Waals surface area contributed by atoms with Gasteiger partial charge >= 0.3 is 0 Å². The lowest BCUT2D eigenvalue weighted by molar-refractivity contribution is -0.125. The third-order valence-corrected chi connectivity index (χ3v) is 4.28. The van der Waals surface area contributed by atoms with Crippen LogP contribution in [-0.2, 0) is 4.79 Å². The third-order valence-electron chi connectivity index (χ3n) is 4.28. The predicted octanol–water partition coefficient (Wildman–Crippen LogP) is 1.99. The molecule has 1 saturated carbocycles. The average molecular weight is 336 g/mol. The first-order chi connectivity index (χ1) is 10.6. The number of benzene rings is 1. The van der Waals surface area contributed by atoms with Gasteiger partial charge in [0.1, 0.15) is 12.7 Å². The molecule has 0 aliphatic heterocycles. The molecule has 0 spiro atoms. The van der Waals surface area contributed by atoms with Crippen LogP contribution in [0.4, 0.5) is 0 Å². The van der Waals surface area contributed by atoms with E-state index >= 15 is 0 Å². The molecule has 6 nitrogen and oxygen atoms in total. The Balaban J connectivity index is 0.00000192. The zero-order valence-electron chi connectivity index (χ0n) is 13.1. The van der Waals surface area contributed by atoms with Gasteiger partial charge in [-0.1, -0.05) is 12.1 Å². The quantitative estimate of drug-likeness (QED) is 0.894. The molecule has 1 amide bonds. The number of nitrogens with one attached hydrogen (secondary N) is 1. The standard InChI is InChI=1S/C16H21N5O.ClH/c1-11(20-16(22)13-2-5-14(17)8-13)12-3-6-15(7-4-12)21-10-18-9-19-21;/h3-4,6-7,9-11,13-14H,2,5,8,17H2,1H3,(H,20,22);1H. The van der Waals surface area contributed by atoms with Gasteiger partial charge in [0.25, 0.3) is 0 Å². The van der Waals surface area contributed by atoms with Crippen LogP contribution >= 0.6 is 12.4 Å². The fraction of sp³-hybridized carbons (Fsp3) is 0.438. The second kappa shape index (κ2) is 7.57. The molecule has 1 fully saturated rings. The van der Waals surface area contributed by atoms with Crippen LogP contribution in [0, 0.1) is 5.92 Å². The minimum Gasteiger partial charge on any atom is -0.349 e. The highest BCUT2D eigenvalue weighted by Crippen LogP contribution is 2.25. The molecule has 1 aliphatic rings. The van der Waals surface area contributed by atoms with E-state index in [1.165, 1.54) is 6.33 Å². The van der Waals surface area contributed by atoms with Gasteiger partial charge in [-0.25, -0.2) is 9.67 Å². The Hall–Kier alpha value is -1.92. The molecular formula is C16H22ClN5O. The van der Waals surface area contributed by atoms with E-state index in [0.29, 0.717) is 0 Å². The van der Waals surface area contributed by atoms with Crippen molar-refractivity contribution in [1.29, 1.82) is 0 Å². The van der Waals surface area contributed by atoms with Crippen molar-refractivity contribution >= 4 is 18.3 Å². The fourth-order valence-corrected chi connectivity index (χ4v) is 2.93. The Bertz CT molecular complexity index is 628. The highest BCUT2D eigenvalue weighted by Gasteiger charge is 2.28. The van der Waals surface area contributed by atoms with Gasteiger partial charge in [0.2, 0.25) is 5.91 Å². The summed E-state index contributed by atoms with van der Waals surface area (Å²) >= 11 is 0. The van der Waals surface area contributed by atoms with E-state index in [4.69, 9.17) is 5.73 Å². The zero-order valence-corrected chi connectivity index (χ0v) is 13.9. The summed E-state index contributed by atoms with van der Waals surface area (Å²) in [6.07, 6.45) is 5.79. The number of hydrogen-bond acceptors (Lipinski definition) is 4. The van der Waals surface area contributed by atoms with Crippen molar-refractivity contribution < 1.29 is 4.79 Å².